The quantitative estimate of drug-likeness (QED) is 0.235. The third kappa shape index (κ3) is 5.88. The van der Waals surface area contributed by atoms with Gasteiger partial charge in [0.05, 0.1) is 43.6 Å². The van der Waals surface area contributed by atoms with Gasteiger partial charge in [0.25, 0.3) is 0 Å². The lowest BCUT2D eigenvalue weighted by Gasteiger charge is -2.24. The van der Waals surface area contributed by atoms with Crippen molar-refractivity contribution < 1.29 is 32.2 Å². The molecule has 0 saturated carbocycles. The van der Waals surface area contributed by atoms with E-state index in [-0.39, 0.29) is 43.3 Å². The van der Waals surface area contributed by atoms with Crippen LogP contribution in [0.1, 0.15) is 52.4 Å². The first kappa shape index (κ1) is 29.6. The van der Waals surface area contributed by atoms with E-state index >= 15 is 0 Å². The summed E-state index contributed by atoms with van der Waals surface area (Å²) in [6, 6.07) is 10.1. The molecule has 0 radical (unpaired) electrons. The normalized spacial score (nSPS) is 16.4. The number of benzene rings is 2. The highest BCUT2D eigenvalue weighted by atomic mass is 35.5. The van der Waals surface area contributed by atoms with Crippen LogP contribution in [0, 0.1) is 0 Å². The average molecular weight is 624 g/mol. The van der Waals surface area contributed by atoms with Crippen molar-refractivity contribution in [2.75, 3.05) is 20.8 Å². The molecule has 2 atom stereocenters. The van der Waals surface area contributed by atoms with E-state index in [4.69, 9.17) is 25.8 Å². The van der Waals surface area contributed by atoms with Crippen LogP contribution < -0.4 is 9.47 Å². The molecule has 2 aromatic heterocycles. The minimum absolute atomic E-state index is 0.104. The number of para-hydroxylation sites is 1. The number of carbonyl (C=O) groups excluding carboxylic acids is 1. The molecular weight excluding hydrogens is 599 g/mol. The van der Waals surface area contributed by atoms with Crippen LogP contribution in [0.3, 0.4) is 0 Å². The first-order chi connectivity index (χ1) is 20.1. The predicted octanol–water partition coefficient (Wildman–Crippen LogP) is 5.02. The van der Waals surface area contributed by atoms with Gasteiger partial charge >= 0.3 is 12.1 Å². The van der Waals surface area contributed by atoms with Gasteiger partial charge in [0, 0.05) is 10.6 Å². The van der Waals surface area contributed by atoms with Gasteiger partial charge in [0.2, 0.25) is 5.82 Å². The summed E-state index contributed by atoms with van der Waals surface area (Å²) in [5.74, 6) is -0.456. The second-order valence-corrected chi connectivity index (χ2v) is 10.8. The number of esters is 1. The highest BCUT2D eigenvalue weighted by molar-refractivity contribution is 8.00. The lowest BCUT2D eigenvalue weighted by Crippen LogP contribution is -2.16. The van der Waals surface area contributed by atoms with Gasteiger partial charge in [-0.1, -0.05) is 23.7 Å². The third-order valence-electron chi connectivity index (χ3n) is 6.45. The molecule has 2 aromatic carbocycles. The zero-order valence-corrected chi connectivity index (χ0v) is 24.2. The van der Waals surface area contributed by atoms with Crippen molar-refractivity contribution in [1.29, 1.82) is 0 Å². The van der Waals surface area contributed by atoms with Gasteiger partial charge in [0.1, 0.15) is 6.42 Å². The van der Waals surface area contributed by atoms with Crippen molar-refractivity contribution in [3.63, 3.8) is 0 Å². The summed E-state index contributed by atoms with van der Waals surface area (Å²) in [5.41, 5.74) is 1.44. The molecule has 42 heavy (non-hydrogen) atoms. The molecule has 0 aliphatic carbocycles. The number of halogens is 4. The van der Waals surface area contributed by atoms with Crippen LogP contribution in [-0.4, -0.2) is 61.8 Å². The zero-order chi connectivity index (χ0) is 30.0. The second-order valence-electron chi connectivity index (χ2n) is 9.08. The Morgan fingerprint density at radius 1 is 1.10 bits per heavy atom. The standard InChI is InChI=1S/C26H25ClF3N7O4S/c1-4-41-21(38)13-20-31-35-36(34-20)11-10-19-24-32-33-25(26(28,29)30)37(24)17-9-8-14(27)12-16(17)23(42-19)15-6-5-7-18(39-2)22(15)40-3/h5-9,12,19,23H,4,10-11,13H2,1-3H3/t19-,23-/m1/s1. The number of alkyl halides is 3. The molecule has 4 aromatic rings. The van der Waals surface area contributed by atoms with E-state index in [2.05, 4.69) is 25.6 Å². The molecule has 11 nitrogen and oxygen atoms in total. The molecular formula is C26H25ClF3N7O4S. The predicted molar refractivity (Wildman–Crippen MR) is 146 cm³/mol. The molecule has 5 rings (SSSR count). The Labute approximate surface area is 247 Å². The first-order valence-corrected chi connectivity index (χ1v) is 14.1. The number of aromatic nitrogens is 7. The molecule has 0 unspecified atom stereocenters. The van der Waals surface area contributed by atoms with Crippen LogP contribution in [0.4, 0.5) is 13.2 Å². The molecule has 1 aliphatic rings. The van der Waals surface area contributed by atoms with Crippen LogP contribution in [0.5, 0.6) is 11.5 Å². The zero-order valence-electron chi connectivity index (χ0n) is 22.6. The number of nitrogens with zero attached hydrogens (tertiary/aromatic N) is 7. The molecule has 16 heteroatoms. The number of fused-ring (bicyclic) bond motifs is 3. The van der Waals surface area contributed by atoms with Gasteiger partial charge in [-0.15, -0.1) is 32.2 Å². The maximum atomic E-state index is 14.2. The van der Waals surface area contributed by atoms with Crippen LogP contribution >= 0.6 is 23.4 Å². The minimum Gasteiger partial charge on any atom is -0.493 e. The van der Waals surface area contributed by atoms with Gasteiger partial charge in [-0.2, -0.15) is 18.0 Å². The fourth-order valence-corrected chi connectivity index (χ4v) is 6.43. The Kier molecular flexibility index (Phi) is 8.59. The Balaban J connectivity index is 1.59. The van der Waals surface area contributed by atoms with E-state index in [0.29, 0.717) is 27.6 Å². The van der Waals surface area contributed by atoms with E-state index < -0.39 is 28.5 Å². The van der Waals surface area contributed by atoms with Gasteiger partial charge in [0.15, 0.2) is 23.1 Å². The van der Waals surface area contributed by atoms with Gasteiger partial charge in [-0.25, -0.2) is 0 Å². The van der Waals surface area contributed by atoms with Crippen molar-refractivity contribution in [2.24, 2.45) is 0 Å². The Morgan fingerprint density at radius 3 is 2.62 bits per heavy atom. The molecule has 0 spiro atoms. The summed E-state index contributed by atoms with van der Waals surface area (Å²) in [6.45, 7) is 2.08. The summed E-state index contributed by atoms with van der Waals surface area (Å²) in [7, 11) is 3.01. The third-order valence-corrected chi connectivity index (χ3v) is 8.24. The molecule has 222 valence electrons. The summed E-state index contributed by atoms with van der Waals surface area (Å²) >= 11 is 7.76. The first-order valence-electron chi connectivity index (χ1n) is 12.8. The summed E-state index contributed by atoms with van der Waals surface area (Å²) in [6.07, 6.45) is -4.68. The van der Waals surface area contributed by atoms with Crippen LogP contribution in [-0.2, 0) is 28.7 Å². The van der Waals surface area contributed by atoms with Crippen LogP contribution in [0.2, 0.25) is 5.02 Å². The van der Waals surface area contributed by atoms with Crippen LogP contribution in [0.25, 0.3) is 5.69 Å². The number of tetrazole rings is 1. The van der Waals surface area contributed by atoms with Gasteiger partial charge in [-0.3, -0.25) is 9.36 Å². The Morgan fingerprint density at radius 2 is 1.90 bits per heavy atom. The molecule has 0 N–H and O–H groups in total. The number of hydrogen-bond donors (Lipinski definition) is 0. The fourth-order valence-electron chi connectivity index (χ4n) is 4.74. The fraction of sp³-hybridized carbons (Fsp3) is 0.385. The maximum absolute atomic E-state index is 14.2. The van der Waals surface area contributed by atoms with Crippen molar-refractivity contribution >= 4 is 29.3 Å². The summed E-state index contributed by atoms with van der Waals surface area (Å²) in [4.78, 5) is 13.1. The second kappa shape index (κ2) is 12.2. The van der Waals surface area contributed by atoms with Crippen molar-refractivity contribution in [2.45, 2.75) is 43.0 Å². The average Bonchev–Trinajstić information content (AvgIpc) is 3.57. The summed E-state index contributed by atoms with van der Waals surface area (Å²) < 4.78 is 59.9. The number of thioether (sulfide) groups is 1. The number of rotatable bonds is 9. The molecule has 0 amide bonds. The molecule has 0 fully saturated rings. The molecule has 3 heterocycles. The number of aryl methyl sites for hydroxylation is 1. The Bertz CT molecular complexity index is 1600. The minimum atomic E-state index is -4.78. The van der Waals surface area contributed by atoms with E-state index in [1.165, 1.54) is 42.9 Å². The number of hydrogen-bond acceptors (Lipinski definition) is 10. The van der Waals surface area contributed by atoms with E-state index in [1.807, 2.05) is 6.07 Å². The molecule has 0 bridgehead atoms. The molecule has 1 aliphatic heterocycles. The van der Waals surface area contributed by atoms with E-state index in [9.17, 15) is 18.0 Å². The van der Waals surface area contributed by atoms with E-state index in [1.54, 1.807) is 25.1 Å². The maximum Gasteiger partial charge on any atom is 0.452 e. The molecule has 0 saturated heterocycles. The number of ether oxygens (including phenoxy) is 3. The van der Waals surface area contributed by atoms with Crippen molar-refractivity contribution in [3.8, 4) is 17.2 Å². The van der Waals surface area contributed by atoms with Crippen molar-refractivity contribution in [3.05, 3.63) is 70.0 Å². The highest BCUT2D eigenvalue weighted by Gasteiger charge is 2.43. The summed E-state index contributed by atoms with van der Waals surface area (Å²) in [5, 5.41) is 18.9. The topological polar surface area (TPSA) is 119 Å². The SMILES string of the molecule is CCOC(=O)Cc1nnn(CC[C@H]2S[C@H](c3cccc(OC)c3OC)c3cc(Cl)ccc3-n3c2nnc3C(F)(F)F)n1. The largest absolute Gasteiger partial charge is 0.493 e. The van der Waals surface area contributed by atoms with Crippen molar-refractivity contribution in [1.82, 2.24) is 35.0 Å². The Hall–Kier alpha value is -3.85. The monoisotopic (exact) mass is 623 g/mol. The van der Waals surface area contributed by atoms with Gasteiger partial charge < -0.3 is 14.2 Å². The number of methoxy groups -OCH3 is 2. The number of carbonyl (C=O) groups is 1. The lowest BCUT2D eigenvalue weighted by atomic mass is 10.0. The smallest absolute Gasteiger partial charge is 0.452 e. The van der Waals surface area contributed by atoms with E-state index in [0.717, 1.165) is 4.57 Å². The van der Waals surface area contributed by atoms with Gasteiger partial charge in [-0.05, 0) is 48.4 Å². The van der Waals surface area contributed by atoms with Crippen LogP contribution in [0.15, 0.2) is 36.4 Å². The highest BCUT2D eigenvalue weighted by Crippen LogP contribution is 2.54. The lowest BCUT2D eigenvalue weighted by molar-refractivity contribution is -0.146.